The van der Waals surface area contributed by atoms with Crippen molar-refractivity contribution in [2.75, 3.05) is 0 Å². The average molecular weight is 329 g/mol. The van der Waals surface area contributed by atoms with E-state index in [2.05, 4.69) is 27.7 Å². The molecular formula is C24H40. The molecule has 8 aliphatic carbocycles. The van der Waals surface area contributed by atoms with Gasteiger partial charge in [-0.05, 0) is 122 Å². The SMILES string of the molecule is CC1C2CC3CC(C2)CC1(C)C3.CC1C2CC3CC1CC(C)(C3)C2. The van der Waals surface area contributed by atoms with Crippen molar-refractivity contribution >= 4 is 0 Å². The fourth-order valence-corrected chi connectivity index (χ4v) is 9.39. The molecule has 8 fully saturated rings. The van der Waals surface area contributed by atoms with E-state index in [1.807, 2.05) is 0 Å². The van der Waals surface area contributed by atoms with E-state index in [9.17, 15) is 0 Å². The van der Waals surface area contributed by atoms with Crippen LogP contribution in [0.4, 0.5) is 0 Å². The molecule has 0 heterocycles. The summed E-state index contributed by atoms with van der Waals surface area (Å²) >= 11 is 0. The van der Waals surface area contributed by atoms with Crippen LogP contribution < -0.4 is 0 Å². The number of hydrogen-bond donors (Lipinski definition) is 0. The molecule has 136 valence electrons. The van der Waals surface area contributed by atoms with Gasteiger partial charge in [-0.15, -0.1) is 0 Å². The second-order valence-electron chi connectivity index (χ2n) is 12.2. The Bertz CT molecular complexity index is 470. The van der Waals surface area contributed by atoms with Gasteiger partial charge in [0.15, 0.2) is 0 Å². The maximum Gasteiger partial charge on any atom is -0.0292 e. The van der Waals surface area contributed by atoms with Crippen LogP contribution in [0.3, 0.4) is 0 Å². The zero-order chi connectivity index (χ0) is 16.7. The van der Waals surface area contributed by atoms with Gasteiger partial charge in [-0.2, -0.15) is 0 Å². The van der Waals surface area contributed by atoms with Crippen LogP contribution in [0.2, 0.25) is 0 Å². The predicted molar refractivity (Wildman–Crippen MR) is 102 cm³/mol. The largest absolute Gasteiger partial charge is 0.0620 e. The van der Waals surface area contributed by atoms with Crippen LogP contribution in [-0.4, -0.2) is 0 Å². The van der Waals surface area contributed by atoms with E-state index in [1.165, 1.54) is 0 Å². The summed E-state index contributed by atoms with van der Waals surface area (Å²) in [5.74, 6) is 8.82. The van der Waals surface area contributed by atoms with Gasteiger partial charge in [0.25, 0.3) is 0 Å². The zero-order valence-corrected chi connectivity index (χ0v) is 16.7. The molecule has 0 radical (unpaired) electrons. The molecule has 24 heavy (non-hydrogen) atoms. The van der Waals surface area contributed by atoms with Crippen molar-refractivity contribution in [1.29, 1.82) is 0 Å². The van der Waals surface area contributed by atoms with Crippen LogP contribution in [0.5, 0.6) is 0 Å². The first-order chi connectivity index (χ1) is 11.3. The van der Waals surface area contributed by atoms with Crippen LogP contribution in [-0.2, 0) is 0 Å². The molecule has 0 aromatic heterocycles. The first-order valence-electron chi connectivity index (χ1n) is 11.3. The minimum absolute atomic E-state index is 0.759. The smallest absolute Gasteiger partial charge is 0.0292 e. The summed E-state index contributed by atoms with van der Waals surface area (Å²) in [5.41, 5.74) is 1.54. The van der Waals surface area contributed by atoms with Gasteiger partial charge in [-0.1, -0.05) is 27.7 Å². The molecule has 0 aromatic carbocycles. The van der Waals surface area contributed by atoms with E-state index in [-0.39, 0.29) is 0 Å². The second-order valence-corrected chi connectivity index (χ2v) is 12.2. The third-order valence-electron chi connectivity index (χ3n) is 10.3. The first-order valence-corrected chi connectivity index (χ1v) is 11.3. The standard InChI is InChI=1S/2C12H20/c1-8-11-4-9-3-10(5-11)7-12(8,2)6-9;1-8-10-3-9-4-11(8)7-12(2,5-9)6-10/h2*8-11H,3-7H2,1-2H3. The number of rotatable bonds is 0. The van der Waals surface area contributed by atoms with Crippen LogP contribution in [0.25, 0.3) is 0 Å². The van der Waals surface area contributed by atoms with Gasteiger partial charge in [0.05, 0.1) is 0 Å². The quantitative estimate of drug-likeness (QED) is 0.452. The molecule has 5 atom stereocenters. The number of hydrogen-bond acceptors (Lipinski definition) is 0. The normalized spacial score (nSPS) is 62.5. The van der Waals surface area contributed by atoms with Gasteiger partial charge >= 0.3 is 0 Å². The van der Waals surface area contributed by atoms with Gasteiger partial charge in [0.1, 0.15) is 0 Å². The summed E-state index contributed by atoms with van der Waals surface area (Å²) in [6.45, 7) is 10.1. The average Bonchev–Trinajstić information content (AvgIpc) is 2.48. The molecule has 0 heteroatoms. The minimum Gasteiger partial charge on any atom is -0.0620 e. The molecule has 0 nitrogen and oxygen atoms in total. The molecule has 0 aromatic rings. The molecule has 8 rings (SSSR count). The van der Waals surface area contributed by atoms with Gasteiger partial charge in [0.2, 0.25) is 0 Å². The van der Waals surface area contributed by atoms with Gasteiger partial charge < -0.3 is 0 Å². The molecule has 0 aliphatic heterocycles. The van der Waals surface area contributed by atoms with Crippen molar-refractivity contribution < 1.29 is 0 Å². The van der Waals surface area contributed by atoms with Gasteiger partial charge in [0, 0.05) is 0 Å². The highest BCUT2D eigenvalue weighted by atomic mass is 14.6. The first kappa shape index (κ1) is 16.2. The van der Waals surface area contributed by atoms with Crippen molar-refractivity contribution in [2.45, 2.75) is 91.9 Å². The summed E-state index contributed by atoms with van der Waals surface area (Å²) in [4.78, 5) is 0. The van der Waals surface area contributed by atoms with Crippen LogP contribution in [0.15, 0.2) is 0 Å². The molecule has 0 spiro atoms. The third-order valence-corrected chi connectivity index (χ3v) is 10.3. The van der Waals surface area contributed by atoms with Crippen LogP contribution >= 0.6 is 0 Å². The Hall–Kier alpha value is 0. The maximum atomic E-state index is 2.56. The summed E-state index contributed by atoms with van der Waals surface area (Å²) in [6.07, 6.45) is 15.7. The highest BCUT2D eigenvalue weighted by Crippen LogP contribution is 2.63. The Labute approximate surface area is 150 Å². The summed E-state index contributed by atoms with van der Waals surface area (Å²) in [5, 5.41) is 0. The lowest BCUT2D eigenvalue weighted by Gasteiger charge is -2.59. The van der Waals surface area contributed by atoms with E-state index in [0.717, 1.165) is 58.2 Å². The Kier molecular flexibility index (Phi) is 3.55. The fourth-order valence-electron chi connectivity index (χ4n) is 9.39. The van der Waals surface area contributed by atoms with Crippen LogP contribution in [0, 0.1) is 58.2 Å². The van der Waals surface area contributed by atoms with Crippen molar-refractivity contribution in [2.24, 2.45) is 58.2 Å². The summed E-state index contributed by atoms with van der Waals surface area (Å²) < 4.78 is 0. The van der Waals surface area contributed by atoms with E-state index >= 15 is 0 Å². The summed E-state index contributed by atoms with van der Waals surface area (Å²) in [7, 11) is 0. The lowest BCUT2D eigenvalue weighted by atomic mass is 9.46. The molecule has 8 bridgehead atoms. The lowest BCUT2D eigenvalue weighted by Crippen LogP contribution is -2.50. The Morgan fingerprint density at radius 3 is 1.58 bits per heavy atom. The monoisotopic (exact) mass is 328 g/mol. The van der Waals surface area contributed by atoms with E-state index < -0.39 is 0 Å². The summed E-state index contributed by atoms with van der Waals surface area (Å²) in [6, 6.07) is 0. The van der Waals surface area contributed by atoms with Crippen molar-refractivity contribution in [3.63, 3.8) is 0 Å². The Morgan fingerprint density at radius 2 is 1.08 bits per heavy atom. The van der Waals surface area contributed by atoms with E-state index in [0.29, 0.717) is 0 Å². The maximum absolute atomic E-state index is 2.56. The molecule has 5 unspecified atom stereocenters. The molecule has 0 N–H and O–H groups in total. The van der Waals surface area contributed by atoms with Crippen molar-refractivity contribution in [3.8, 4) is 0 Å². The Morgan fingerprint density at radius 1 is 0.583 bits per heavy atom. The third kappa shape index (κ3) is 2.44. The van der Waals surface area contributed by atoms with Crippen LogP contribution in [0.1, 0.15) is 91.9 Å². The molecule has 8 aliphatic rings. The fraction of sp³-hybridized carbons (Fsp3) is 1.00. The van der Waals surface area contributed by atoms with E-state index in [1.54, 1.807) is 64.2 Å². The zero-order valence-electron chi connectivity index (χ0n) is 16.7. The molecule has 0 saturated heterocycles. The second kappa shape index (κ2) is 5.26. The lowest BCUT2D eigenvalue weighted by molar-refractivity contribution is -0.0906. The predicted octanol–water partition coefficient (Wildman–Crippen LogP) is 6.94. The minimum atomic E-state index is 0.759. The molecule has 8 saturated carbocycles. The molecule has 0 amide bonds. The van der Waals surface area contributed by atoms with Crippen molar-refractivity contribution in [1.82, 2.24) is 0 Å². The Balaban J connectivity index is 0.000000109. The van der Waals surface area contributed by atoms with Gasteiger partial charge in [-0.25, -0.2) is 0 Å². The van der Waals surface area contributed by atoms with E-state index in [4.69, 9.17) is 0 Å². The highest BCUT2D eigenvalue weighted by Gasteiger charge is 2.53. The topological polar surface area (TPSA) is 0 Å². The van der Waals surface area contributed by atoms with Crippen molar-refractivity contribution in [3.05, 3.63) is 0 Å². The van der Waals surface area contributed by atoms with Gasteiger partial charge in [-0.3, -0.25) is 0 Å². The molecular weight excluding hydrogens is 288 g/mol. The highest BCUT2D eigenvalue weighted by molar-refractivity contribution is 5.03.